The summed E-state index contributed by atoms with van der Waals surface area (Å²) >= 11 is -0.954. The van der Waals surface area contributed by atoms with Crippen LogP contribution in [0.1, 0.15) is 13.3 Å². The summed E-state index contributed by atoms with van der Waals surface area (Å²) in [7, 11) is 0. The fourth-order valence-corrected chi connectivity index (χ4v) is 1.72. The average molecular weight is 186 g/mol. The van der Waals surface area contributed by atoms with Gasteiger partial charge in [-0.25, -0.2) is 4.79 Å². The maximum absolute atomic E-state index is 10.9. The van der Waals surface area contributed by atoms with Gasteiger partial charge in [-0.15, -0.1) is 0 Å². The van der Waals surface area contributed by atoms with Gasteiger partial charge in [0, 0.05) is 6.42 Å². The Bertz CT molecular complexity index is 243. The van der Waals surface area contributed by atoms with E-state index in [9.17, 15) is 9.59 Å². The number of Topliss-reactive ketones (excluding diaryl/α,β-unsaturated/α-hetero) is 1. The summed E-state index contributed by atoms with van der Waals surface area (Å²) in [5.74, 6) is -1.19. The first-order valence-corrected chi connectivity index (χ1v) is 5.02. The van der Waals surface area contributed by atoms with Crippen LogP contribution in [0.4, 0.5) is 0 Å². The van der Waals surface area contributed by atoms with Crippen LogP contribution < -0.4 is 0 Å². The summed E-state index contributed by atoms with van der Waals surface area (Å²) in [6, 6.07) is 0. The van der Waals surface area contributed by atoms with Crippen LogP contribution >= 0.6 is 11.2 Å². The SMILES string of the molecule is CCC(=O)C(=O)O[SH]1C=CC=C1. The minimum absolute atomic E-state index is 0.204. The van der Waals surface area contributed by atoms with Gasteiger partial charge >= 0.3 is 5.97 Å². The Morgan fingerprint density at radius 3 is 2.42 bits per heavy atom. The van der Waals surface area contributed by atoms with Gasteiger partial charge in [0.2, 0.25) is 5.78 Å². The molecule has 1 aliphatic rings. The van der Waals surface area contributed by atoms with E-state index < -0.39 is 22.9 Å². The number of allylic oxidation sites excluding steroid dienone is 2. The topological polar surface area (TPSA) is 43.4 Å². The van der Waals surface area contributed by atoms with Gasteiger partial charge in [-0.2, -0.15) is 0 Å². The van der Waals surface area contributed by atoms with Crippen LogP contribution in [0, 0.1) is 0 Å². The van der Waals surface area contributed by atoms with Crippen LogP contribution in [-0.4, -0.2) is 11.8 Å². The molecule has 0 aromatic carbocycles. The zero-order chi connectivity index (χ0) is 8.97. The second-order valence-electron chi connectivity index (χ2n) is 2.20. The first-order valence-electron chi connectivity index (χ1n) is 3.62. The third-order valence-electron chi connectivity index (χ3n) is 1.31. The van der Waals surface area contributed by atoms with Crippen LogP contribution in [0.15, 0.2) is 23.0 Å². The van der Waals surface area contributed by atoms with Crippen molar-refractivity contribution in [1.29, 1.82) is 0 Å². The number of carbonyl (C=O) groups excluding carboxylic acids is 2. The molecule has 0 aliphatic carbocycles. The van der Waals surface area contributed by atoms with Gasteiger partial charge < -0.3 is 4.18 Å². The lowest BCUT2D eigenvalue weighted by atomic mass is 10.3. The van der Waals surface area contributed by atoms with Gasteiger partial charge in [0.25, 0.3) is 0 Å². The highest BCUT2D eigenvalue weighted by Gasteiger charge is 2.15. The molecule has 0 saturated heterocycles. The van der Waals surface area contributed by atoms with Crippen molar-refractivity contribution in [2.45, 2.75) is 13.3 Å². The zero-order valence-corrected chi connectivity index (χ0v) is 7.58. The highest BCUT2D eigenvalue weighted by molar-refractivity contribution is 8.18. The van der Waals surface area contributed by atoms with Crippen LogP contribution in [0.5, 0.6) is 0 Å². The molecule has 66 valence electrons. The van der Waals surface area contributed by atoms with E-state index in [1.165, 1.54) is 0 Å². The van der Waals surface area contributed by atoms with E-state index in [0.717, 1.165) is 0 Å². The van der Waals surface area contributed by atoms with Crippen molar-refractivity contribution in [1.82, 2.24) is 0 Å². The van der Waals surface area contributed by atoms with Gasteiger partial charge in [-0.1, -0.05) is 30.3 Å². The van der Waals surface area contributed by atoms with Gasteiger partial charge in [0.1, 0.15) is 0 Å². The number of hydrogen-bond acceptors (Lipinski definition) is 3. The van der Waals surface area contributed by atoms with Crippen LogP contribution in [0.2, 0.25) is 0 Å². The number of ketones is 1. The summed E-state index contributed by atoms with van der Waals surface area (Å²) in [5.41, 5.74) is 0. The molecular weight excluding hydrogens is 176 g/mol. The van der Waals surface area contributed by atoms with Crippen molar-refractivity contribution in [3.63, 3.8) is 0 Å². The average Bonchev–Trinajstić information content (AvgIpc) is 2.55. The van der Waals surface area contributed by atoms with Crippen LogP contribution in [0.3, 0.4) is 0 Å². The molecule has 0 amide bonds. The third-order valence-corrected chi connectivity index (χ3v) is 2.62. The Kier molecular flexibility index (Phi) is 3.10. The van der Waals surface area contributed by atoms with E-state index in [-0.39, 0.29) is 6.42 Å². The third kappa shape index (κ3) is 2.23. The highest BCUT2D eigenvalue weighted by atomic mass is 32.2. The highest BCUT2D eigenvalue weighted by Crippen LogP contribution is 2.33. The van der Waals surface area contributed by atoms with Crippen molar-refractivity contribution in [3.8, 4) is 0 Å². The lowest BCUT2D eigenvalue weighted by Gasteiger charge is -2.09. The van der Waals surface area contributed by atoms with E-state index in [1.807, 2.05) is 0 Å². The lowest BCUT2D eigenvalue weighted by Crippen LogP contribution is -2.13. The fraction of sp³-hybridized carbons (Fsp3) is 0.250. The molecule has 0 unspecified atom stereocenters. The largest absolute Gasteiger partial charge is 0.405 e. The molecule has 1 aliphatic heterocycles. The summed E-state index contributed by atoms with van der Waals surface area (Å²) in [6.07, 6.45) is 3.81. The molecule has 0 saturated carbocycles. The molecule has 0 fully saturated rings. The maximum atomic E-state index is 10.9. The number of hydrogen-bond donors (Lipinski definition) is 1. The molecule has 4 heteroatoms. The monoisotopic (exact) mass is 186 g/mol. The summed E-state index contributed by atoms with van der Waals surface area (Å²) < 4.78 is 4.87. The molecule has 3 nitrogen and oxygen atoms in total. The zero-order valence-electron chi connectivity index (χ0n) is 6.69. The van der Waals surface area contributed by atoms with Gasteiger partial charge in [0.15, 0.2) is 0 Å². The Labute approximate surface area is 73.6 Å². The van der Waals surface area contributed by atoms with E-state index in [1.54, 1.807) is 29.9 Å². The molecule has 0 spiro atoms. The first-order chi connectivity index (χ1) is 5.74. The second kappa shape index (κ2) is 4.11. The molecule has 0 atom stereocenters. The lowest BCUT2D eigenvalue weighted by molar-refractivity contribution is -0.146. The Morgan fingerprint density at radius 2 is 1.92 bits per heavy atom. The molecule has 1 heterocycles. The molecule has 0 radical (unpaired) electrons. The Hall–Kier alpha value is -1.03. The molecule has 0 bridgehead atoms. The fourth-order valence-electron chi connectivity index (χ4n) is 0.671. The minimum atomic E-state index is -0.954. The van der Waals surface area contributed by atoms with Crippen molar-refractivity contribution in [3.05, 3.63) is 23.0 Å². The number of carbonyl (C=O) groups is 2. The van der Waals surface area contributed by atoms with Gasteiger partial charge in [-0.05, 0) is 10.8 Å². The van der Waals surface area contributed by atoms with Crippen LogP contribution in [0.25, 0.3) is 0 Å². The Morgan fingerprint density at radius 1 is 1.33 bits per heavy atom. The van der Waals surface area contributed by atoms with Crippen molar-refractivity contribution >= 4 is 22.9 Å². The van der Waals surface area contributed by atoms with Crippen molar-refractivity contribution in [2.75, 3.05) is 0 Å². The molecule has 12 heavy (non-hydrogen) atoms. The van der Waals surface area contributed by atoms with Crippen molar-refractivity contribution in [2.24, 2.45) is 0 Å². The van der Waals surface area contributed by atoms with Gasteiger partial charge in [0.05, 0.1) is 0 Å². The smallest absolute Gasteiger partial charge is 0.385 e. The second-order valence-corrected chi connectivity index (χ2v) is 3.70. The summed E-state index contributed by atoms with van der Waals surface area (Å²) in [6.45, 7) is 1.64. The van der Waals surface area contributed by atoms with E-state index in [0.29, 0.717) is 0 Å². The first kappa shape index (κ1) is 9.06. The van der Waals surface area contributed by atoms with Crippen molar-refractivity contribution < 1.29 is 13.8 Å². The van der Waals surface area contributed by atoms with Crippen LogP contribution in [-0.2, 0) is 13.8 Å². The summed E-state index contributed by atoms with van der Waals surface area (Å²) in [5, 5.41) is 3.55. The molecule has 0 N–H and O–H groups in total. The molecular formula is C8H10O3S. The minimum Gasteiger partial charge on any atom is -0.405 e. The summed E-state index contributed by atoms with van der Waals surface area (Å²) in [4.78, 5) is 21.7. The van der Waals surface area contributed by atoms with E-state index in [4.69, 9.17) is 4.18 Å². The Balaban J connectivity index is 2.41. The van der Waals surface area contributed by atoms with E-state index in [2.05, 4.69) is 0 Å². The molecule has 0 aromatic heterocycles. The number of thiol groups is 1. The van der Waals surface area contributed by atoms with E-state index >= 15 is 0 Å². The number of rotatable bonds is 3. The maximum Gasteiger partial charge on any atom is 0.385 e. The quantitative estimate of drug-likeness (QED) is 0.536. The normalized spacial score (nSPS) is 16.6. The molecule has 1 rings (SSSR count). The van der Waals surface area contributed by atoms with Gasteiger partial charge in [-0.3, -0.25) is 4.79 Å². The predicted octanol–water partition coefficient (Wildman–Crippen LogP) is 1.47. The predicted molar refractivity (Wildman–Crippen MR) is 48.7 cm³/mol. The standard InChI is InChI=1S/C8H10O3S/c1-2-7(9)8(10)11-12-5-3-4-6-12/h3-6,12H,2H2,1H3. The molecule has 0 aromatic rings.